The van der Waals surface area contributed by atoms with Gasteiger partial charge in [-0.3, -0.25) is 14.6 Å². The standard InChI is InChI=1S/C18H22N4O2/c1-18(2,3)15(19)17(24)22-14-6-4-5-12(11-14)16(23)21-13-7-9-20-10-8-13/h4-11,15H,19H2,1-3H3,(H,22,24)(H,20,21,23)/t15-/m1/s1. The molecular formula is C18H22N4O2. The quantitative estimate of drug-likeness (QED) is 0.804. The van der Waals surface area contributed by atoms with Crippen molar-refractivity contribution >= 4 is 23.2 Å². The molecule has 1 atom stereocenters. The zero-order valence-electron chi connectivity index (χ0n) is 14.0. The molecule has 0 aliphatic heterocycles. The highest BCUT2D eigenvalue weighted by Crippen LogP contribution is 2.19. The number of nitrogens with zero attached hydrogens (tertiary/aromatic N) is 1. The van der Waals surface area contributed by atoms with E-state index in [-0.39, 0.29) is 17.2 Å². The fourth-order valence-electron chi connectivity index (χ4n) is 1.99. The first-order valence-electron chi connectivity index (χ1n) is 7.65. The van der Waals surface area contributed by atoms with Crippen LogP contribution < -0.4 is 16.4 Å². The van der Waals surface area contributed by atoms with Crippen LogP contribution in [0.1, 0.15) is 31.1 Å². The SMILES string of the molecule is CC(C)(C)[C@H](N)C(=O)Nc1cccc(C(=O)Nc2ccncc2)c1. The fraction of sp³-hybridized carbons (Fsp3) is 0.278. The lowest BCUT2D eigenvalue weighted by molar-refractivity contribution is -0.119. The van der Waals surface area contributed by atoms with Crippen molar-refractivity contribution < 1.29 is 9.59 Å². The van der Waals surface area contributed by atoms with Crippen LogP contribution in [0, 0.1) is 5.41 Å². The van der Waals surface area contributed by atoms with Crippen molar-refractivity contribution in [1.29, 1.82) is 0 Å². The van der Waals surface area contributed by atoms with Gasteiger partial charge in [0.25, 0.3) is 5.91 Å². The first kappa shape index (κ1) is 17.6. The van der Waals surface area contributed by atoms with E-state index in [4.69, 9.17) is 5.73 Å². The summed E-state index contributed by atoms with van der Waals surface area (Å²) in [5.74, 6) is -0.549. The van der Waals surface area contributed by atoms with E-state index in [2.05, 4.69) is 15.6 Å². The molecule has 0 aliphatic carbocycles. The number of hydrogen-bond donors (Lipinski definition) is 3. The number of nitrogens with one attached hydrogen (secondary N) is 2. The van der Waals surface area contributed by atoms with Gasteiger partial charge in [-0.15, -0.1) is 0 Å². The van der Waals surface area contributed by atoms with E-state index in [0.717, 1.165) is 0 Å². The largest absolute Gasteiger partial charge is 0.325 e. The molecule has 2 amide bonds. The van der Waals surface area contributed by atoms with Crippen LogP contribution in [0.3, 0.4) is 0 Å². The van der Waals surface area contributed by atoms with Gasteiger partial charge in [0.15, 0.2) is 0 Å². The number of hydrogen-bond acceptors (Lipinski definition) is 4. The molecule has 0 saturated heterocycles. The van der Waals surface area contributed by atoms with Crippen molar-refractivity contribution in [1.82, 2.24) is 4.98 Å². The Kier molecular flexibility index (Phi) is 5.31. The second-order valence-corrected chi connectivity index (χ2v) is 6.60. The highest BCUT2D eigenvalue weighted by Gasteiger charge is 2.27. The van der Waals surface area contributed by atoms with Crippen LogP contribution in [0.2, 0.25) is 0 Å². The van der Waals surface area contributed by atoms with Crippen LogP contribution in [0.4, 0.5) is 11.4 Å². The lowest BCUT2D eigenvalue weighted by atomic mass is 9.87. The van der Waals surface area contributed by atoms with E-state index in [9.17, 15) is 9.59 Å². The van der Waals surface area contributed by atoms with Gasteiger partial charge in [0.1, 0.15) is 0 Å². The average molecular weight is 326 g/mol. The van der Waals surface area contributed by atoms with Crippen LogP contribution in [0.15, 0.2) is 48.8 Å². The smallest absolute Gasteiger partial charge is 0.255 e. The molecule has 1 heterocycles. The number of pyridine rings is 1. The average Bonchev–Trinajstić information content (AvgIpc) is 2.54. The minimum Gasteiger partial charge on any atom is -0.325 e. The van der Waals surface area contributed by atoms with Crippen molar-refractivity contribution in [3.63, 3.8) is 0 Å². The molecule has 126 valence electrons. The van der Waals surface area contributed by atoms with Crippen molar-refractivity contribution in [2.24, 2.45) is 11.1 Å². The summed E-state index contributed by atoms with van der Waals surface area (Å²) in [4.78, 5) is 28.4. The Morgan fingerprint density at radius 2 is 1.71 bits per heavy atom. The van der Waals surface area contributed by atoms with E-state index in [0.29, 0.717) is 16.9 Å². The van der Waals surface area contributed by atoms with Gasteiger partial charge in [0, 0.05) is 29.3 Å². The molecule has 0 aliphatic rings. The Bertz CT molecular complexity index is 723. The molecule has 6 heteroatoms. The number of anilines is 2. The summed E-state index contributed by atoms with van der Waals surface area (Å²) in [6.45, 7) is 5.70. The molecule has 1 aromatic heterocycles. The summed E-state index contributed by atoms with van der Waals surface area (Å²) in [6.07, 6.45) is 3.19. The molecule has 0 fully saturated rings. The highest BCUT2D eigenvalue weighted by molar-refractivity contribution is 6.05. The molecule has 0 radical (unpaired) electrons. The number of carbonyl (C=O) groups excluding carboxylic acids is 2. The lowest BCUT2D eigenvalue weighted by Crippen LogP contribution is -2.45. The van der Waals surface area contributed by atoms with Crippen LogP contribution in [-0.2, 0) is 4.79 Å². The molecule has 24 heavy (non-hydrogen) atoms. The summed E-state index contributed by atoms with van der Waals surface area (Å²) in [5, 5.41) is 5.52. The third-order valence-electron chi connectivity index (χ3n) is 3.55. The number of benzene rings is 1. The van der Waals surface area contributed by atoms with Gasteiger partial charge in [-0.1, -0.05) is 26.8 Å². The monoisotopic (exact) mass is 326 g/mol. The van der Waals surface area contributed by atoms with Gasteiger partial charge in [0.2, 0.25) is 5.91 Å². The van der Waals surface area contributed by atoms with Gasteiger partial charge in [-0.2, -0.15) is 0 Å². The number of aromatic nitrogens is 1. The van der Waals surface area contributed by atoms with E-state index in [1.807, 2.05) is 20.8 Å². The summed E-state index contributed by atoms with van der Waals surface area (Å²) in [7, 11) is 0. The van der Waals surface area contributed by atoms with Crippen LogP contribution in [0.25, 0.3) is 0 Å². The Hall–Kier alpha value is -2.73. The van der Waals surface area contributed by atoms with Crippen LogP contribution >= 0.6 is 0 Å². The lowest BCUT2D eigenvalue weighted by Gasteiger charge is -2.25. The first-order valence-corrected chi connectivity index (χ1v) is 7.65. The summed E-state index contributed by atoms with van der Waals surface area (Å²) in [6, 6.07) is 9.47. The van der Waals surface area contributed by atoms with Gasteiger partial charge in [-0.05, 0) is 35.7 Å². The van der Waals surface area contributed by atoms with E-state index in [1.165, 1.54) is 0 Å². The fourth-order valence-corrected chi connectivity index (χ4v) is 1.99. The Labute approximate surface area is 141 Å². The van der Waals surface area contributed by atoms with Gasteiger partial charge in [0.05, 0.1) is 6.04 Å². The molecule has 6 nitrogen and oxygen atoms in total. The highest BCUT2D eigenvalue weighted by atomic mass is 16.2. The molecular weight excluding hydrogens is 304 g/mol. The minimum absolute atomic E-state index is 0.266. The molecule has 0 saturated carbocycles. The third kappa shape index (κ3) is 4.63. The van der Waals surface area contributed by atoms with Crippen molar-refractivity contribution in [3.8, 4) is 0 Å². The normalized spacial score (nSPS) is 12.3. The minimum atomic E-state index is -0.646. The van der Waals surface area contributed by atoms with Gasteiger partial charge >= 0.3 is 0 Å². The zero-order valence-corrected chi connectivity index (χ0v) is 14.0. The molecule has 0 unspecified atom stereocenters. The molecule has 4 N–H and O–H groups in total. The second kappa shape index (κ2) is 7.23. The summed E-state index contributed by atoms with van der Waals surface area (Å²) >= 11 is 0. The van der Waals surface area contributed by atoms with Crippen molar-refractivity contribution in [2.75, 3.05) is 10.6 Å². The Balaban J connectivity index is 2.08. The Morgan fingerprint density at radius 3 is 2.33 bits per heavy atom. The molecule has 0 bridgehead atoms. The zero-order chi connectivity index (χ0) is 17.7. The summed E-state index contributed by atoms with van der Waals surface area (Å²) < 4.78 is 0. The predicted octanol–water partition coefficient (Wildman–Crippen LogP) is 2.65. The summed E-state index contributed by atoms with van der Waals surface area (Å²) in [5.41, 5.74) is 7.22. The van der Waals surface area contributed by atoms with Gasteiger partial charge in [-0.25, -0.2) is 0 Å². The molecule has 2 rings (SSSR count). The number of amides is 2. The number of rotatable bonds is 4. The van der Waals surface area contributed by atoms with Crippen LogP contribution in [0.5, 0.6) is 0 Å². The molecule has 2 aromatic rings. The molecule has 1 aromatic carbocycles. The maximum atomic E-state index is 12.3. The predicted molar refractivity (Wildman–Crippen MR) is 94.7 cm³/mol. The van der Waals surface area contributed by atoms with Crippen LogP contribution in [-0.4, -0.2) is 22.8 Å². The third-order valence-corrected chi connectivity index (χ3v) is 3.55. The number of carbonyl (C=O) groups is 2. The van der Waals surface area contributed by atoms with Crippen molar-refractivity contribution in [2.45, 2.75) is 26.8 Å². The second-order valence-electron chi connectivity index (χ2n) is 6.60. The van der Waals surface area contributed by atoms with Crippen molar-refractivity contribution in [3.05, 3.63) is 54.4 Å². The van der Waals surface area contributed by atoms with E-state index >= 15 is 0 Å². The van der Waals surface area contributed by atoms with E-state index < -0.39 is 6.04 Å². The topological polar surface area (TPSA) is 97.1 Å². The molecule has 0 spiro atoms. The maximum Gasteiger partial charge on any atom is 0.255 e. The first-order chi connectivity index (χ1) is 11.3. The van der Waals surface area contributed by atoms with E-state index in [1.54, 1.807) is 48.8 Å². The van der Waals surface area contributed by atoms with Gasteiger partial charge < -0.3 is 16.4 Å². The Morgan fingerprint density at radius 1 is 1.04 bits per heavy atom. The number of nitrogens with two attached hydrogens (primary N) is 1. The maximum absolute atomic E-state index is 12.3.